The zero-order valence-corrected chi connectivity index (χ0v) is 31.7. The molecule has 0 saturated carbocycles. The summed E-state index contributed by atoms with van der Waals surface area (Å²) in [5.74, 6) is 0.647. The molecule has 0 fully saturated rings. The first kappa shape index (κ1) is 33.2. The lowest BCUT2D eigenvalue weighted by atomic mass is 9.99. The first-order valence-electron chi connectivity index (χ1n) is 19.8. The molecule has 0 aliphatic carbocycles. The van der Waals surface area contributed by atoms with E-state index in [-0.39, 0.29) is 0 Å². The topological polar surface area (TPSA) is 55.3 Å². The zero-order chi connectivity index (χ0) is 38.9. The molecule has 0 N–H and O–H groups in total. The van der Waals surface area contributed by atoms with Crippen molar-refractivity contribution in [2.45, 2.75) is 0 Å². The van der Waals surface area contributed by atoms with Gasteiger partial charge >= 0.3 is 0 Å². The lowest BCUT2D eigenvalue weighted by Gasteiger charge is -2.25. The van der Waals surface area contributed by atoms with Crippen LogP contribution in [0.3, 0.4) is 0 Å². The molecule has 0 aliphatic heterocycles. The summed E-state index contributed by atoms with van der Waals surface area (Å²) in [5.41, 5.74) is 12.4. The van der Waals surface area contributed by atoms with Gasteiger partial charge in [-0.25, -0.2) is 9.97 Å². The fourth-order valence-corrected chi connectivity index (χ4v) is 8.70. The van der Waals surface area contributed by atoms with Gasteiger partial charge in [-0.2, -0.15) is 0 Å². The summed E-state index contributed by atoms with van der Waals surface area (Å²) in [6.45, 7) is 0. The minimum Gasteiger partial charge on any atom is -0.455 e. The molecule has 3 aromatic heterocycles. The number of hydrogen-bond acceptors (Lipinski definition) is 5. The van der Waals surface area contributed by atoms with Gasteiger partial charge in [-0.15, -0.1) is 0 Å². The number of rotatable bonds is 6. The van der Waals surface area contributed by atoms with Crippen LogP contribution in [-0.2, 0) is 0 Å². The third-order valence-corrected chi connectivity index (χ3v) is 11.4. The Morgan fingerprint density at radius 3 is 1.66 bits per heavy atom. The van der Waals surface area contributed by atoms with Crippen molar-refractivity contribution in [3.63, 3.8) is 0 Å². The molecule has 5 heteroatoms. The molecule has 0 radical (unpaired) electrons. The number of benzene rings is 9. The fraction of sp³-hybridized carbons (Fsp3) is 0. The van der Waals surface area contributed by atoms with Crippen LogP contribution in [0.2, 0.25) is 0 Å². The maximum atomic E-state index is 7.00. The molecule has 5 nitrogen and oxygen atoms in total. The molecule has 276 valence electrons. The second-order valence-electron chi connectivity index (χ2n) is 14.9. The Balaban J connectivity index is 1.03. The van der Waals surface area contributed by atoms with Crippen molar-refractivity contribution in [2.24, 2.45) is 0 Å². The van der Waals surface area contributed by atoms with Crippen LogP contribution in [0.15, 0.2) is 209 Å². The molecule has 12 aromatic rings. The van der Waals surface area contributed by atoms with Gasteiger partial charge in [0.05, 0.1) is 16.6 Å². The summed E-state index contributed by atoms with van der Waals surface area (Å²) in [5, 5.41) is 7.21. The Bertz CT molecular complexity index is 3540. The summed E-state index contributed by atoms with van der Waals surface area (Å²) in [6.07, 6.45) is 0. The van der Waals surface area contributed by atoms with Gasteiger partial charge in [0.2, 0.25) is 0 Å². The van der Waals surface area contributed by atoms with E-state index in [1.165, 1.54) is 11.1 Å². The molecule has 59 heavy (non-hydrogen) atoms. The number of hydrogen-bond donors (Lipinski definition) is 0. The number of aromatic nitrogens is 2. The highest BCUT2D eigenvalue weighted by atomic mass is 16.3. The Morgan fingerprint density at radius 1 is 0.339 bits per heavy atom. The van der Waals surface area contributed by atoms with Crippen molar-refractivity contribution in [1.29, 1.82) is 0 Å². The van der Waals surface area contributed by atoms with Crippen molar-refractivity contribution < 1.29 is 8.83 Å². The molecule has 3 heterocycles. The van der Waals surface area contributed by atoms with E-state index in [2.05, 4.69) is 157 Å². The first-order chi connectivity index (χ1) is 29.2. The first-order valence-corrected chi connectivity index (χ1v) is 19.8. The van der Waals surface area contributed by atoms with Crippen LogP contribution in [0, 0.1) is 0 Å². The Hall–Kier alpha value is -8.02. The second kappa shape index (κ2) is 13.3. The molecule has 0 atom stereocenters. The summed E-state index contributed by atoms with van der Waals surface area (Å²) < 4.78 is 13.8. The molecule has 0 spiro atoms. The lowest BCUT2D eigenvalue weighted by Crippen LogP contribution is -2.09. The molecule has 0 aliphatic rings. The van der Waals surface area contributed by atoms with Crippen LogP contribution in [-0.4, -0.2) is 9.97 Å². The van der Waals surface area contributed by atoms with Crippen LogP contribution in [0.4, 0.5) is 17.1 Å². The third-order valence-electron chi connectivity index (χ3n) is 11.4. The van der Waals surface area contributed by atoms with Crippen molar-refractivity contribution >= 4 is 82.6 Å². The number of para-hydroxylation sites is 2. The monoisotopic (exact) mass is 755 g/mol. The van der Waals surface area contributed by atoms with Gasteiger partial charge in [-0.3, -0.25) is 0 Å². The van der Waals surface area contributed by atoms with Crippen molar-refractivity contribution in [2.75, 3.05) is 4.90 Å². The van der Waals surface area contributed by atoms with Crippen molar-refractivity contribution in [3.05, 3.63) is 200 Å². The third kappa shape index (κ3) is 5.40. The molecule has 0 saturated heterocycles. The van der Waals surface area contributed by atoms with Gasteiger partial charge in [0, 0.05) is 61.2 Å². The van der Waals surface area contributed by atoms with Gasteiger partial charge < -0.3 is 13.7 Å². The maximum Gasteiger partial charge on any atom is 0.160 e. The van der Waals surface area contributed by atoms with Crippen molar-refractivity contribution in [1.82, 2.24) is 9.97 Å². The Labute approximate surface area is 339 Å². The normalized spacial score (nSPS) is 11.7. The van der Waals surface area contributed by atoms with Gasteiger partial charge in [-0.1, -0.05) is 140 Å². The summed E-state index contributed by atoms with van der Waals surface area (Å²) >= 11 is 0. The number of furan rings is 2. The van der Waals surface area contributed by atoms with Crippen LogP contribution in [0.1, 0.15) is 0 Å². The highest BCUT2D eigenvalue weighted by Crippen LogP contribution is 2.47. The standard InChI is InChI=1S/C54H33N3O2/c1-4-14-34(15-5-1)35-24-27-39(28-25-35)57(38-18-8-3-9-19-38)40-29-31-44-48(33-40)59-53-49(44)41-20-10-11-21-42(41)52-50(53)45-30-26-37(32-47(45)58-52)54-55-46-23-13-12-22-43(46)51(56-54)36-16-6-2-7-17-36/h1-33H. The average molecular weight is 756 g/mol. The highest BCUT2D eigenvalue weighted by molar-refractivity contribution is 6.33. The molecular formula is C54H33N3O2. The van der Waals surface area contributed by atoms with Gasteiger partial charge in [0.25, 0.3) is 0 Å². The van der Waals surface area contributed by atoms with E-state index in [4.69, 9.17) is 18.8 Å². The Morgan fingerprint density at radius 2 is 0.881 bits per heavy atom. The minimum absolute atomic E-state index is 0.647. The van der Waals surface area contributed by atoms with E-state index >= 15 is 0 Å². The van der Waals surface area contributed by atoms with E-state index in [1.54, 1.807) is 0 Å². The summed E-state index contributed by atoms with van der Waals surface area (Å²) in [7, 11) is 0. The van der Waals surface area contributed by atoms with E-state index in [1.807, 2.05) is 48.5 Å². The minimum atomic E-state index is 0.647. The second-order valence-corrected chi connectivity index (χ2v) is 14.9. The Kier molecular flexibility index (Phi) is 7.47. The van der Waals surface area contributed by atoms with Crippen LogP contribution < -0.4 is 4.90 Å². The van der Waals surface area contributed by atoms with E-state index in [0.29, 0.717) is 5.82 Å². The molecule has 12 rings (SSSR count). The van der Waals surface area contributed by atoms with Gasteiger partial charge in [0.1, 0.15) is 22.3 Å². The molecule has 0 unspecified atom stereocenters. The predicted molar refractivity (Wildman–Crippen MR) is 243 cm³/mol. The largest absolute Gasteiger partial charge is 0.455 e. The van der Waals surface area contributed by atoms with E-state index in [9.17, 15) is 0 Å². The number of nitrogens with zero attached hydrogens (tertiary/aromatic N) is 3. The summed E-state index contributed by atoms with van der Waals surface area (Å²) in [6, 6.07) is 69.5. The van der Waals surface area contributed by atoms with Crippen LogP contribution in [0.5, 0.6) is 0 Å². The summed E-state index contributed by atoms with van der Waals surface area (Å²) in [4.78, 5) is 12.4. The fourth-order valence-electron chi connectivity index (χ4n) is 8.70. The molecule has 0 amide bonds. The number of anilines is 3. The molecular weight excluding hydrogens is 723 g/mol. The maximum absolute atomic E-state index is 7.00. The highest BCUT2D eigenvalue weighted by Gasteiger charge is 2.23. The van der Waals surface area contributed by atoms with Gasteiger partial charge in [-0.05, 0) is 71.1 Å². The average Bonchev–Trinajstić information content (AvgIpc) is 3.89. The van der Waals surface area contributed by atoms with Gasteiger partial charge in [0.15, 0.2) is 5.82 Å². The number of fused-ring (bicyclic) bond motifs is 11. The lowest BCUT2D eigenvalue weighted by molar-refractivity contribution is 0.665. The van der Waals surface area contributed by atoms with E-state index in [0.717, 1.165) is 99.4 Å². The van der Waals surface area contributed by atoms with Crippen molar-refractivity contribution in [3.8, 4) is 33.8 Å². The zero-order valence-electron chi connectivity index (χ0n) is 31.7. The molecule has 9 aromatic carbocycles. The molecule has 0 bridgehead atoms. The van der Waals surface area contributed by atoms with Crippen LogP contribution >= 0.6 is 0 Å². The SMILES string of the molecule is c1ccc(-c2ccc(N(c3ccccc3)c3ccc4c(c3)oc3c4c4ccccc4c4oc5cc(-c6nc(-c7ccccc7)c7ccccc7n6)ccc5c43)cc2)cc1. The quantitative estimate of drug-likeness (QED) is 0.169. The van der Waals surface area contributed by atoms with E-state index < -0.39 is 0 Å². The smallest absolute Gasteiger partial charge is 0.160 e. The van der Waals surface area contributed by atoms with Crippen LogP contribution in [0.25, 0.3) is 99.3 Å². The predicted octanol–water partition coefficient (Wildman–Crippen LogP) is 15.1.